The van der Waals surface area contributed by atoms with Crippen molar-refractivity contribution in [2.45, 2.75) is 260 Å². The van der Waals surface area contributed by atoms with Gasteiger partial charge in [-0.25, -0.2) is 31.9 Å². The minimum atomic E-state index is -0.915. The first-order valence-corrected chi connectivity index (χ1v) is 45.8. The van der Waals surface area contributed by atoms with Crippen molar-refractivity contribution in [2.75, 3.05) is 102 Å². The average Bonchev–Trinajstić information content (AvgIpc) is 1.16. The highest BCUT2D eigenvalue weighted by atomic mass is 35.5. The highest BCUT2D eigenvalue weighted by molar-refractivity contribution is 6.61. The predicted octanol–water partition coefficient (Wildman–Crippen LogP) is 11.8. The van der Waals surface area contributed by atoms with Crippen LogP contribution in [0.1, 0.15) is 219 Å². The van der Waals surface area contributed by atoms with E-state index in [0.717, 1.165) is 107 Å². The van der Waals surface area contributed by atoms with Gasteiger partial charge in [0.1, 0.15) is 60.0 Å². The Bertz CT molecular complexity index is 4620. The fraction of sp³-hybridized carbons (Fsp3) is 0.577. The Balaban J connectivity index is 0.000000565. The van der Waals surface area contributed by atoms with Crippen LogP contribution in [0.3, 0.4) is 0 Å². The maximum atomic E-state index is 14.2. The molecule has 0 saturated carbocycles. The summed E-state index contributed by atoms with van der Waals surface area (Å²) in [5.41, 5.74) is 14.6. The van der Waals surface area contributed by atoms with Gasteiger partial charge >= 0.3 is 17.6 Å². The molecule has 31 nitrogen and oxygen atoms in total. The lowest BCUT2D eigenvalue weighted by Crippen LogP contribution is -2.62. The number of nitrogens with one attached hydrogen (secondary N) is 7. The quantitative estimate of drug-likeness (QED) is 0.00807. The molecular weight excluding hydrogens is 1740 g/mol. The summed E-state index contributed by atoms with van der Waals surface area (Å²) in [7, 11) is 12.6. The van der Waals surface area contributed by atoms with Crippen LogP contribution < -0.4 is 70.0 Å². The summed E-state index contributed by atoms with van der Waals surface area (Å²) in [5, 5.41) is 38.3. The standard InChI is InChI=1S/C31H33F2N3O4.C22H23F2N3O4.C10H22N2O2.C9H20N2O2.C8H7ClO2.C6H16N2.2C5H14N2.CH4O/c1-19(2)14-35-20(3)15-36-27(35)17-34-16-24(26(37)12-10-22-9-11-23(32)13-25(22)33)29(38)30(28(34)31(36)39)40-18-21-7-5-4-6-8-21;1-12-7-8-27-18(25(12)2)11-26-10-15(20(29)21(30)19(26)22(27)31)17(28)6-4-13-3-5-14(23)9-16(13)24;1-8(6-7-11-5)12-9(13)14-10(2,3)4;1-7(5-6-10)11-8(12)13-9(2,3)4;9-8(10)11-6-7-4-2-1-3-5-7;1-6(8-3)4-5-7-2;1-5(6)3-4-7-2;1-5(7-2)3-4-6;1-2/h4-9,11,13,16,19-20,27H,10,12,14-15,17-18H2,1-3H3;3,5,9-10,12,18,30H,4,6-8,11H2,1-2H3;8,11H,6-7H2,1-5H3,(H,12,13);7H,5-6,10H2,1-4H3,(H,11,12);1-5H,6H2;6-8H,4-5H2,1-3H3;2*5,7H,3-4,6H2,1-2H3;2H,1H3/t20-,27?;12-,18?;8-;7-;;6-;2*5-;/m0000.000./s1. The Hall–Kier alpha value is -9.76. The molecule has 4 aliphatic heterocycles. The maximum absolute atomic E-state index is 14.2. The van der Waals surface area contributed by atoms with Gasteiger partial charge in [-0.15, -0.1) is 0 Å². The minimum absolute atomic E-state index is 0.00135. The van der Waals surface area contributed by atoms with Crippen LogP contribution in [-0.2, 0) is 53.4 Å². The Labute approximate surface area is 789 Å². The highest BCUT2D eigenvalue weighted by Gasteiger charge is 2.46. The summed E-state index contributed by atoms with van der Waals surface area (Å²) in [6.07, 6.45) is 6.96. The van der Waals surface area contributed by atoms with Crippen LogP contribution in [0, 0.1) is 29.2 Å². The summed E-state index contributed by atoms with van der Waals surface area (Å²) in [6, 6.07) is 27.1. The van der Waals surface area contributed by atoms with Gasteiger partial charge in [-0.3, -0.25) is 38.6 Å². The number of nitrogens with zero attached hydrogens (tertiary/aromatic N) is 6. The molecule has 2 saturated heterocycles. The van der Waals surface area contributed by atoms with E-state index in [1.165, 1.54) is 35.5 Å². The summed E-state index contributed by atoms with van der Waals surface area (Å²) in [6.45, 7) is 36.8. The normalized spacial score (nSPS) is 16.4. The van der Waals surface area contributed by atoms with Gasteiger partial charge in [0, 0.05) is 118 Å². The fourth-order valence-electron chi connectivity index (χ4n) is 13.7. The zero-order valence-electron chi connectivity index (χ0n) is 82.2. The number of alkyl carbamates (subject to hydrolysis) is 2. The number of aromatic nitrogens is 2. The van der Waals surface area contributed by atoms with Crippen molar-refractivity contribution < 1.29 is 80.3 Å². The summed E-state index contributed by atoms with van der Waals surface area (Å²) >= 11 is 4.97. The monoisotopic (exact) mass is 1890 g/mol. The van der Waals surface area contributed by atoms with Crippen LogP contribution in [-0.4, -0.2) is 248 Å². The second-order valence-electron chi connectivity index (χ2n) is 35.5. The largest absolute Gasteiger partial charge is 0.503 e. The molecule has 2 aromatic heterocycles. The number of pyridine rings is 2. The third-order valence-electron chi connectivity index (χ3n) is 21.3. The Kier molecular flexibility index (Phi) is 55.6. The van der Waals surface area contributed by atoms with Crippen molar-refractivity contribution >= 4 is 52.6 Å². The summed E-state index contributed by atoms with van der Waals surface area (Å²) in [5.74, 6) is -5.27. The number of ether oxygens (including phenoxy) is 4. The highest BCUT2D eigenvalue weighted by Crippen LogP contribution is 2.34. The number of aliphatic hydroxyl groups is 1. The molecule has 2 fully saturated rings. The van der Waals surface area contributed by atoms with Crippen LogP contribution in [0.25, 0.3) is 0 Å². The molecule has 746 valence electrons. The van der Waals surface area contributed by atoms with Gasteiger partial charge in [0.2, 0.25) is 10.9 Å². The van der Waals surface area contributed by atoms with Crippen molar-refractivity contribution in [3.63, 3.8) is 0 Å². The number of ketones is 2. The van der Waals surface area contributed by atoms with E-state index in [9.17, 15) is 65.8 Å². The number of nitrogens with two attached hydrogens (primary N) is 3. The number of aliphatic hydroxyl groups excluding tert-OH is 1. The molecule has 0 spiro atoms. The van der Waals surface area contributed by atoms with Crippen LogP contribution in [0.5, 0.6) is 11.5 Å². The number of carbonyl (C=O) groups excluding carboxylic acids is 7. The second kappa shape index (κ2) is 62.0. The first-order valence-electron chi connectivity index (χ1n) is 45.4. The number of Topliss-reactive ketones (excluding diaryl/α,β-unsaturated/α-hetero) is 2. The Morgan fingerprint density at radius 2 is 0.970 bits per heavy atom. The van der Waals surface area contributed by atoms with Crippen molar-refractivity contribution in [3.8, 4) is 11.5 Å². The van der Waals surface area contributed by atoms with E-state index in [1.807, 2.05) is 165 Å². The van der Waals surface area contributed by atoms with Crippen molar-refractivity contribution in [2.24, 2.45) is 23.1 Å². The molecular formula is C97H153ClF4N16O15. The molecule has 6 heterocycles. The lowest BCUT2D eigenvalue weighted by atomic mass is 10.0. The predicted molar refractivity (Wildman–Crippen MR) is 516 cm³/mol. The average molecular weight is 1890 g/mol. The Morgan fingerprint density at radius 1 is 0.549 bits per heavy atom. The lowest BCUT2D eigenvalue weighted by Gasteiger charge is -2.48. The zero-order chi connectivity index (χ0) is 101. The van der Waals surface area contributed by atoms with Gasteiger partial charge in [-0.05, 0) is 257 Å². The molecule has 36 heteroatoms. The number of aryl methyl sites for hydroxylation is 2. The number of benzene rings is 4. The van der Waals surface area contributed by atoms with Crippen LogP contribution >= 0.6 is 11.6 Å². The number of carbonyl (C=O) groups is 7. The van der Waals surface area contributed by atoms with Crippen LogP contribution in [0.15, 0.2) is 119 Å². The van der Waals surface area contributed by atoms with Crippen molar-refractivity contribution in [3.05, 3.63) is 198 Å². The fourth-order valence-corrected chi connectivity index (χ4v) is 13.7. The third kappa shape index (κ3) is 43.6. The van der Waals surface area contributed by atoms with E-state index in [-0.39, 0.29) is 133 Å². The van der Waals surface area contributed by atoms with Gasteiger partial charge in [-0.1, -0.05) is 86.6 Å². The lowest BCUT2D eigenvalue weighted by molar-refractivity contribution is -0.0196. The Morgan fingerprint density at radius 3 is 1.39 bits per heavy atom. The minimum Gasteiger partial charge on any atom is -0.503 e. The first-order chi connectivity index (χ1) is 62.7. The molecule has 4 aliphatic rings. The second-order valence-corrected chi connectivity index (χ2v) is 35.8. The van der Waals surface area contributed by atoms with Gasteiger partial charge in [-0.2, -0.15) is 0 Å². The van der Waals surface area contributed by atoms with Crippen molar-refractivity contribution in [1.82, 2.24) is 66.0 Å². The number of amides is 4. The molecule has 0 radical (unpaired) electrons. The van der Waals surface area contributed by atoms with Crippen molar-refractivity contribution in [1.29, 1.82) is 0 Å². The molecule has 0 aliphatic carbocycles. The zero-order valence-corrected chi connectivity index (χ0v) is 83.0. The number of aromatic hydroxyl groups is 1. The first kappa shape index (κ1) is 119. The van der Waals surface area contributed by atoms with Crippen LogP contribution in [0.4, 0.5) is 31.9 Å². The van der Waals surface area contributed by atoms with E-state index in [4.69, 9.17) is 48.1 Å². The molecule has 2 unspecified atom stereocenters. The van der Waals surface area contributed by atoms with Gasteiger partial charge < -0.3 is 103 Å². The smallest absolute Gasteiger partial charge is 0.407 e. The molecule has 133 heavy (non-hydrogen) atoms. The summed E-state index contributed by atoms with van der Waals surface area (Å²) in [4.78, 5) is 119. The summed E-state index contributed by atoms with van der Waals surface area (Å²) < 4.78 is 78.2. The maximum Gasteiger partial charge on any atom is 0.407 e. The van der Waals surface area contributed by atoms with Gasteiger partial charge in [0.05, 0.1) is 24.2 Å². The number of halogens is 5. The molecule has 4 aromatic carbocycles. The SMILES string of the molecule is CC(C)CN1C2Cn3cc(C(=O)CCc4ccc(F)cc4F)c(=O)c(OCc4ccccc4)c3C(=O)N2C[C@@H]1C.CNCC[C@H](C)N.CNCC[C@H](C)NC.CNCC[C@H](C)NC(=O)OC(C)(C)C.CN[C@@H](C)CCN.CO.C[C@@H](CCN)NC(=O)OC(C)(C)C.C[C@H]1CCN2C(=O)c3c(O)c(=O)c(C(=O)CCc4ccc(F)cc4F)cn3CC2N1C.O=C(Cl)OCc1ccccc1. The molecule has 0 bridgehead atoms. The van der Waals surface area contributed by atoms with Crippen LogP contribution in [0.2, 0.25) is 0 Å². The molecule has 9 atom stereocenters. The van der Waals surface area contributed by atoms with E-state index in [2.05, 4.69) is 93.3 Å². The molecule has 4 amide bonds. The van der Waals surface area contributed by atoms with E-state index in [0.29, 0.717) is 56.8 Å². The third-order valence-corrected chi connectivity index (χ3v) is 21.4. The van der Waals surface area contributed by atoms with E-state index < -0.39 is 74.0 Å². The molecule has 10 rings (SSSR count). The number of fused-ring (bicyclic) bond motifs is 4. The molecule has 6 aromatic rings. The van der Waals surface area contributed by atoms with Gasteiger partial charge in [0.15, 0.2) is 34.5 Å². The topological polar surface area (TPSA) is 416 Å². The van der Waals surface area contributed by atoms with Gasteiger partial charge in [0.25, 0.3) is 11.8 Å². The number of hydrogen-bond acceptors (Lipinski definition) is 25. The van der Waals surface area contributed by atoms with E-state index in [1.54, 1.807) is 14.4 Å². The number of rotatable bonds is 32. The van der Waals surface area contributed by atoms with E-state index >= 15 is 0 Å². The molecule has 15 N–H and O–H groups in total. The number of hydrogen-bond donors (Lipinski definition) is 12. The number of likely N-dealkylation sites (N-methyl/N-ethyl adjacent to an activating group) is 1.